The molecule has 1 aromatic carbocycles. The molecule has 0 aromatic heterocycles. The Morgan fingerprint density at radius 2 is 2.14 bits per heavy atom. The molecule has 6 heteroatoms. The van der Waals surface area contributed by atoms with Crippen LogP contribution in [0.15, 0.2) is 24.3 Å². The highest BCUT2D eigenvalue weighted by atomic mass is 32.2. The highest BCUT2D eigenvalue weighted by Gasteiger charge is 2.32. The Morgan fingerprint density at radius 1 is 1.43 bits per heavy atom. The second kappa shape index (κ2) is 6.56. The highest BCUT2D eigenvalue weighted by molar-refractivity contribution is 7.88. The molecule has 1 aromatic rings. The van der Waals surface area contributed by atoms with Crippen LogP contribution in [0.5, 0.6) is 0 Å². The third-order valence-corrected chi connectivity index (χ3v) is 5.94. The summed E-state index contributed by atoms with van der Waals surface area (Å²) < 4.78 is 26.7. The molecule has 21 heavy (non-hydrogen) atoms. The van der Waals surface area contributed by atoms with Crippen molar-refractivity contribution in [3.05, 3.63) is 35.4 Å². The topological polar surface area (TPSA) is 87.2 Å². The number of piperidine rings is 1. The maximum Gasteiger partial charge on any atom is 0.218 e. The summed E-state index contributed by atoms with van der Waals surface area (Å²) in [4.78, 5) is 0. The fraction of sp³-hybridized carbons (Fsp3) is 0.533. The van der Waals surface area contributed by atoms with Gasteiger partial charge in [-0.2, -0.15) is 5.26 Å². The van der Waals surface area contributed by atoms with E-state index in [2.05, 4.69) is 0 Å². The third kappa shape index (κ3) is 3.62. The van der Waals surface area contributed by atoms with Gasteiger partial charge in [-0.05, 0) is 24.0 Å². The molecule has 1 aliphatic rings. The van der Waals surface area contributed by atoms with Crippen molar-refractivity contribution in [2.75, 3.05) is 13.1 Å². The first-order valence-electron chi connectivity index (χ1n) is 7.19. The predicted molar refractivity (Wildman–Crippen MR) is 81.7 cm³/mol. The van der Waals surface area contributed by atoms with Gasteiger partial charge in [0.05, 0.1) is 17.4 Å². The van der Waals surface area contributed by atoms with Crippen LogP contribution < -0.4 is 5.73 Å². The highest BCUT2D eigenvalue weighted by Crippen LogP contribution is 2.23. The lowest BCUT2D eigenvalue weighted by Crippen LogP contribution is -2.49. The zero-order valence-electron chi connectivity index (χ0n) is 12.2. The smallest absolute Gasteiger partial charge is 0.218 e. The molecular formula is C15H21N3O2S. The molecule has 0 spiro atoms. The normalized spacial score (nSPS) is 23.7. The molecule has 0 aliphatic carbocycles. The summed E-state index contributed by atoms with van der Waals surface area (Å²) >= 11 is 0. The van der Waals surface area contributed by atoms with Crippen LogP contribution in [0.3, 0.4) is 0 Å². The first kappa shape index (κ1) is 16.0. The van der Waals surface area contributed by atoms with Crippen molar-refractivity contribution in [2.24, 2.45) is 11.7 Å². The molecule has 1 fully saturated rings. The molecule has 5 nitrogen and oxygen atoms in total. The van der Waals surface area contributed by atoms with E-state index in [-0.39, 0.29) is 17.7 Å². The van der Waals surface area contributed by atoms with E-state index in [4.69, 9.17) is 11.0 Å². The van der Waals surface area contributed by atoms with Gasteiger partial charge in [-0.1, -0.05) is 31.5 Å². The van der Waals surface area contributed by atoms with Crippen LogP contribution >= 0.6 is 0 Å². The van der Waals surface area contributed by atoms with Gasteiger partial charge < -0.3 is 5.73 Å². The maximum absolute atomic E-state index is 12.6. The second-order valence-electron chi connectivity index (χ2n) is 5.50. The molecular weight excluding hydrogens is 286 g/mol. The SMILES string of the molecule is CCC1CN(S(=O)(=O)Cc2ccccc2C#N)CCC1N. The molecule has 0 radical (unpaired) electrons. The molecule has 2 N–H and O–H groups in total. The molecule has 2 rings (SSSR count). The van der Waals surface area contributed by atoms with Crippen LogP contribution in [0, 0.1) is 17.2 Å². The Labute approximate surface area is 126 Å². The van der Waals surface area contributed by atoms with Gasteiger partial charge in [0, 0.05) is 19.1 Å². The number of rotatable bonds is 4. The minimum Gasteiger partial charge on any atom is -0.327 e. The number of hydrogen-bond donors (Lipinski definition) is 1. The zero-order valence-corrected chi connectivity index (χ0v) is 13.0. The molecule has 114 valence electrons. The van der Waals surface area contributed by atoms with Gasteiger partial charge in [0.1, 0.15) is 0 Å². The first-order chi connectivity index (χ1) is 9.97. The van der Waals surface area contributed by atoms with Crippen molar-refractivity contribution in [3.8, 4) is 6.07 Å². The molecule has 2 unspecified atom stereocenters. The van der Waals surface area contributed by atoms with Gasteiger partial charge in [-0.15, -0.1) is 0 Å². The first-order valence-corrected chi connectivity index (χ1v) is 8.80. The number of hydrogen-bond acceptors (Lipinski definition) is 4. The van der Waals surface area contributed by atoms with Crippen molar-refractivity contribution in [1.29, 1.82) is 5.26 Å². The van der Waals surface area contributed by atoms with E-state index >= 15 is 0 Å². The minimum absolute atomic E-state index is 0.0767. The van der Waals surface area contributed by atoms with Gasteiger partial charge >= 0.3 is 0 Å². The summed E-state index contributed by atoms with van der Waals surface area (Å²) in [6.45, 7) is 2.98. The number of nitriles is 1. The Bertz CT molecular complexity index is 637. The van der Waals surface area contributed by atoms with Crippen molar-refractivity contribution in [2.45, 2.75) is 31.6 Å². The predicted octanol–water partition coefficient (Wildman–Crippen LogP) is 1.45. The van der Waals surface area contributed by atoms with E-state index in [0.29, 0.717) is 30.6 Å². The van der Waals surface area contributed by atoms with E-state index in [1.54, 1.807) is 24.3 Å². The fourth-order valence-electron chi connectivity index (χ4n) is 2.74. The van der Waals surface area contributed by atoms with Crippen molar-refractivity contribution in [3.63, 3.8) is 0 Å². The number of benzene rings is 1. The summed E-state index contributed by atoms with van der Waals surface area (Å²) in [7, 11) is -3.41. The third-order valence-electron chi connectivity index (χ3n) is 4.15. The largest absolute Gasteiger partial charge is 0.327 e. The Kier molecular flexibility index (Phi) is 4.99. The molecule has 1 heterocycles. The van der Waals surface area contributed by atoms with E-state index in [0.717, 1.165) is 6.42 Å². The van der Waals surface area contributed by atoms with Crippen LogP contribution in [0.25, 0.3) is 0 Å². The Balaban J connectivity index is 2.17. The molecule has 0 saturated carbocycles. The summed E-state index contributed by atoms with van der Waals surface area (Å²) in [5.74, 6) is 0.0855. The Hall–Kier alpha value is -1.42. The molecule has 0 amide bonds. The number of sulfonamides is 1. The average molecular weight is 307 g/mol. The van der Waals surface area contributed by atoms with Gasteiger partial charge in [0.25, 0.3) is 0 Å². The summed E-state index contributed by atoms with van der Waals surface area (Å²) in [6, 6.07) is 8.96. The second-order valence-corrected chi connectivity index (χ2v) is 7.47. The van der Waals surface area contributed by atoms with Crippen LogP contribution in [-0.4, -0.2) is 31.9 Å². The molecule has 2 atom stereocenters. The van der Waals surface area contributed by atoms with E-state index in [1.807, 2.05) is 13.0 Å². The van der Waals surface area contributed by atoms with Crippen LogP contribution in [0.1, 0.15) is 30.9 Å². The summed E-state index contributed by atoms with van der Waals surface area (Å²) in [5.41, 5.74) is 7.01. The van der Waals surface area contributed by atoms with Crippen LogP contribution in [0.2, 0.25) is 0 Å². The Morgan fingerprint density at radius 3 is 2.81 bits per heavy atom. The average Bonchev–Trinajstić information content (AvgIpc) is 2.47. The van der Waals surface area contributed by atoms with Crippen LogP contribution in [0.4, 0.5) is 0 Å². The van der Waals surface area contributed by atoms with Gasteiger partial charge in [-0.3, -0.25) is 0 Å². The lowest BCUT2D eigenvalue weighted by atomic mass is 9.92. The molecule has 1 aliphatic heterocycles. The van der Waals surface area contributed by atoms with Crippen molar-refractivity contribution >= 4 is 10.0 Å². The van der Waals surface area contributed by atoms with Crippen LogP contribution in [-0.2, 0) is 15.8 Å². The quantitative estimate of drug-likeness (QED) is 0.912. The monoisotopic (exact) mass is 307 g/mol. The fourth-order valence-corrected chi connectivity index (χ4v) is 4.37. The van der Waals surface area contributed by atoms with Gasteiger partial charge in [0.2, 0.25) is 10.0 Å². The van der Waals surface area contributed by atoms with E-state index < -0.39 is 10.0 Å². The number of nitrogens with two attached hydrogens (primary N) is 1. The van der Waals surface area contributed by atoms with Crippen molar-refractivity contribution in [1.82, 2.24) is 4.31 Å². The maximum atomic E-state index is 12.6. The molecule has 0 bridgehead atoms. The minimum atomic E-state index is -3.41. The van der Waals surface area contributed by atoms with E-state index in [9.17, 15) is 8.42 Å². The standard InChI is InChI=1S/C15H21N3O2S/c1-2-12-10-18(8-7-15(12)17)21(19,20)11-14-6-4-3-5-13(14)9-16/h3-6,12,15H,2,7-8,10-11,17H2,1H3. The zero-order chi connectivity index (χ0) is 15.5. The molecule has 1 saturated heterocycles. The van der Waals surface area contributed by atoms with Crippen molar-refractivity contribution < 1.29 is 8.42 Å². The number of nitrogens with zero attached hydrogens (tertiary/aromatic N) is 2. The summed E-state index contributed by atoms with van der Waals surface area (Å²) in [6.07, 6.45) is 1.57. The summed E-state index contributed by atoms with van der Waals surface area (Å²) in [5, 5.41) is 9.07. The lowest BCUT2D eigenvalue weighted by Gasteiger charge is -2.35. The van der Waals surface area contributed by atoms with Gasteiger partial charge in [-0.25, -0.2) is 12.7 Å². The van der Waals surface area contributed by atoms with Gasteiger partial charge in [0.15, 0.2) is 0 Å². The van der Waals surface area contributed by atoms with E-state index in [1.165, 1.54) is 4.31 Å². The lowest BCUT2D eigenvalue weighted by molar-refractivity contribution is 0.230.